The first kappa shape index (κ1) is 17.5. The van der Waals surface area contributed by atoms with Crippen molar-refractivity contribution in [3.8, 4) is 5.75 Å². The van der Waals surface area contributed by atoms with Crippen molar-refractivity contribution in [2.75, 3.05) is 7.11 Å². The molecule has 2 rings (SSSR count). The molecule has 1 unspecified atom stereocenters. The van der Waals surface area contributed by atoms with E-state index >= 15 is 0 Å². The zero-order valence-electron chi connectivity index (χ0n) is 13.7. The normalized spacial score (nSPS) is 12.9. The summed E-state index contributed by atoms with van der Waals surface area (Å²) in [6.45, 7) is 1.93. The van der Waals surface area contributed by atoms with E-state index in [9.17, 15) is 14.7 Å². The van der Waals surface area contributed by atoms with E-state index in [4.69, 9.17) is 4.74 Å². The first-order chi connectivity index (χ1) is 11.5. The van der Waals surface area contributed by atoms with Crippen LogP contribution in [0.4, 0.5) is 0 Å². The van der Waals surface area contributed by atoms with Gasteiger partial charge in [-0.15, -0.1) is 0 Å². The van der Waals surface area contributed by atoms with Crippen molar-refractivity contribution >= 4 is 11.9 Å². The van der Waals surface area contributed by atoms with Crippen LogP contribution in [0.15, 0.2) is 54.6 Å². The molecule has 5 heteroatoms. The van der Waals surface area contributed by atoms with E-state index in [-0.39, 0.29) is 18.2 Å². The van der Waals surface area contributed by atoms with Crippen molar-refractivity contribution in [2.45, 2.75) is 25.3 Å². The topological polar surface area (TPSA) is 75.6 Å². The lowest BCUT2D eigenvalue weighted by molar-refractivity contribution is -0.142. The van der Waals surface area contributed by atoms with Gasteiger partial charge < -0.3 is 15.2 Å². The van der Waals surface area contributed by atoms with Crippen molar-refractivity contribution in [3.63, 3.8) is 0 Å². The minimum Gasteiger partial charge on any atom is -0.497 e. The molecule has 0 aliphatic heterocycles. The van der Waals surface area contributed by atoms with Crippen LogP contribution in [0.3, 0.4) is 0 Å². The first-order valence-corrected chi connectivity index (χ1v) is 7.72. The van der Waals surface area contributed by atoms with Crippen LogP contribution in [0.25, 0.3) is 0 Å². The van der Waals surface area contributed by atoms with Crippen LogP contribution in [0.2, 0.25) is 0 Å². The number of carboxylic acids is 1. The quantitative estimate of drug-likeness (QED) is 0.819. The number of carbonyl (C=O) groups excluding carboxylic acids is 1. The van der Waals surface area contributed by atoms with Crippen molar-refractivity contribution in [3.05, 3.63) is 65.7 Å². The molecule has 0 heterocycles. The van der Waals surface area contributed by atoms with Gasteiger partial charge in [-0.05, 0) is 29.2 Å². The van der Waals surface area contributed by atoms with Gasteiger partial charge in [0.25, 0.3) is 0 Å². The minimum atomic E-state index is -1.08. The Morgan fingerprint density at radius 1 is 1.04 bits per heavy atom. The van der Waals surface area contributed by atoms with Gasteiger partial charge in [0, 0.05) is 6.42 Å². The van der Waals surface area contributed by atoms with Gasteiger partial charge in [0.1, 0.15) is 5.75 Å². The van der Waals surface area contributed by atoms with Crippen molar-refractivity contribution in [2.24, 2.45) is 0 Å². The van der Waals surface area contributed by atoms with E-state index in [0.717, 1.165) is 11.3 Å². The molecule has 24 heavy (non-hydrogen) atoms. The number of carboxylic acid groups (broad SMARTS) is 1. The number of ether oxygens (including phenoxy) is 1. The Morgan fingerprint density at radius 3 is 2.21 bits per heavy atom. The molecule has 0 fully saturated rings. The molecule has 126 valence electrons. The van der Waals surface area contributed by atoms with Crippen LogP contribution in [0, 0.1) is 0 Å². The molecule has 1 amide bonds. The molecule has 2 N–H and O–H groups in total. The van der Waals surface area contributed by atoms with Gasteiger partial charge in [0.2, 0.25) is 5.91 Å². The maximum absolute atomic E-state index is 12.2. The van der Waals surface area contributed by atoms with E-state index in [0.29, 0.717) is 5.56 Å². The Balaban J connectivity index is 2.01. The molecule has 0 spiro atoms. The maximum Gasteiger partial charge on any atom is 0.330 e. The number of benzene rings is 2. The summed E-state index contributed by atoms with van der Waals surface area (Å²) in [5, 5.41) is 11.9. The lowest BCUT2D eigenvalue weighted by Crippen LogP contribution is -2.34. The molecule has 0 aliphatic carbocycles. The highest BCUT2D eigenvalue weighted by Crippen LogP contribution is 2.22. The number of aliphatic carboxylic acids is 1. The third-order valence-electron chi connectivity index (χ3n) is 3.86. The molecule has 0 radical (unpaired) electrons. The van der Waals surface area contributed by atoms with Gasteiger partial charge in [-0.2, -0.15) is 0 Å². The Labute approximate surface area is 141 Å². The molecule has 2 atom stereocenters. The Bertz CT molecular complexity index is 682. The lowest BCUT2D eigenvalue weighted by Gasteiger charge is -2.17. The van der Waals surface area contributed by atoms with Crippen molar-refractivity contribution in [1.29, 1.82) is 0 Å². The molecule has 0 saturated carbocycles. The zero-order chi connectivity index (χ0) is 17.5. The molecule has 0 aliphatic rings. The number of methoxy groups -OCH3 is 1. The predicted octanol–water partition coefficient (Wildman–Crippen LogP) is 3.13. The van der Waals surface area contributed by atoms with Gasteiger partial charge in [0.15, 0.2) is 6.04 Å². The van der Waals surface area contributed by atoms with Crippen molar-refractivity contribution < 1.29 is 19.4 Å². The summed E-state index contributed by atoms with van der Waals surface area (Å²) in [6, 6.07) is 15.1. The third-order valence-corrected chi connectivity index (χ3v) is 3.86. The van der Waals surface area contributed by atoms with E-state index in [1.54, 1.807) is 37.4 Å². The van der Waals surface area contributed by atoms with Crippen molar-refractivity contribution in [1.82, 2.24) is 5.32 Å². The average molecular weight is 327 g/mol. The number of nitrogens with one attached hydrogen (secondary N) is 1. The lowest BCUT2D eigenvalue weighted by atomic mass is 9.97. The van der Waals surface area contributed by atoms with Gasteiger partial charge in [-0.25, -0.2) is 4.79 Å². The fourth-order valence-electron chi connectivity index (χ4n) is 2.48. The Kier molecular flexibility index (Phi) is 5.95. The van der Waals surface area contributed by atoms with E-state index < -0.39 is 12.0 Å². The number of amides is 1. The van der Waals surface area contributed by atoms with Gasteiger partial charge in [-0.3, -0.25) is 4.79 Å². The monoisotopic (exact) mass is 327 g/mol. The number of rotatable bonds is 7. The predicted molar refractivity (Wildman–Crippen MR) is 91.0 cm³/mol. The number of carbonyl (C=O) groups is 2. The van der Waals surface area contributed by atoms with Crippen LogP contribution in [0.5, 0.6) is 5.75 Å². The van der Waals surface area contributed by atoms with Gasteiger partial charge in [0.05, 0.1) is 7.11 Å². The van der Waals surface area contributed by atoms with Gasteiger partial charge in [-0.1, -0.05) is 49.4 Å². The van der Waals surface area contributed by atoms with Crippen LogP contribution in [-0.4, -0.2) is 24.1 Å². The van der Waals surface area contributed by atoms with E-state index in [2.05, 4.69) is 5.32 Å². The average Bonchev–Trinajstić information content (AvgIpc) is 2.60. The standard InChI is InChI=1S/C19H21NO4/c1-13(14-8-10-16(24-2)11-9-14)12-17(21)20-18(19(22)23)15-6-4-3-5-7-15/h3-11,13,18H,12H2,1-2H3,(H,20,21)(H,22,23)/t13?,18-/m0/s1. The van der Waals surface area contributed by atoms with E-state index in [1.807, 2.05) is 31.2 Å². The summed E-state index contributed by atoms with van der Waals surface area (Å²) >= 11 is 0. The molecular weight excluding hydrogens is 306 g/mol. The molecule has 0 saturated heterocycles. The van der Waals surface area contributed by atoms with Crippen LogP contribution in [0.1, 0.15) is 36.4 Å². The van der Waals surface area contributed by atoms with Gasteiger partial charge >= 0.3 is 5.97 Å². The van der Waals surface area contributed by atoms with E-state index in [1.165, 1.54) is 0 Å². The Hall–Kier alpha value is -2.82. The second kappa shape index (κ2) is 8.15. The highest BCUT2D eigenvalue weighted by Gasteiger charge is 2.22. The molecular formula is C19H21NO4. The summed E-state index contributed by atoms with van der Waals surface area (Å²) in [6.07, 6.45) is 0.211. The first-order valence-electron chi connectivity index (χ1n) is 7.72. The second-order valence-electron chi connectivity index (χ2n) is 5.63. The van der Waals surface area contributed by atoms with Crippen LogP contribution in [-0.2, 0) is 9.59 Å². The summed E-state index contributed by atoms with van der Waals surface area (Å²) in [5.41, 5.74) is 1.55. The summed E-state index contributed by atoms with van der Waals surface area (Å²) in [7, 11) is 1.60. The largest absolute Gasteiger partial charge is 0.497 e. The highest BCUT2D eigenvalue weighted by molar-refractivity contribution is 5.84. The molecule has 2 aromatic carbocycles. The molecule has 0 aromatic heterocycles. The fourth-order valence-corrected chi connectivity index (χ4v) is 2.48. The summed E-state index contributed by atoms with van der Waals surface area (Å²) in [5.74, 6) is -0.646. The fraction of sp³-hybridized carbons (Fsp3) is 0.263. The maximum atomic E-state index is 12.2. The minimum absolute atomic E-state index is 0.0267. The van der Waals surface area contributed by atoms with Crippen LogP contribution < -0.4 is 10.1 Å². The zero-order valence-corrected chi connectivity index (χ0v) is 13.7. The number of hydrogen-bond acceptors (Lipinski definition) is 3. The van der Waals surface area contributed by atoms with Crippen LogP contribution >= 0.6 is 0 Å². The summed E-state index contributed by atoms with van der Waals surface area (Å²) in [4.78, 5) is 23.7. The number of hydrogen-bond donors (Lipinski definition) is 2. The smallest absolute Gasteiger partial charge is 0.330 e. The summed E-state index contributed by atoms with van der Waals surface area (Å²) < 4.78 is 5.11. The SMILES string of the molecule is COc1ccc(C(C)CC(=O)N[C@H](C(=O)O)c2ccccc2)cc1. The molecule has 0 bridgehead atoms. The Morgan fingerprint density at radius 2 is 1.67 bits per heavy atom. The molecule has 2 aromatic rings. The second-order valence-corrected chi connectivity index (χ2v) is 5.63. The highest BCUT2D eigenvalue weighted by atomic mass is 16.5. The third kappa shape index (κ3) is 4.59. The molecule has 5 nitrogen and oxygen atoms in total.